The molecule has 1 fully saturated rings. The molecule has 14 heavy (non-hydrogen) atoms. The van der Waals surface area contributed by atoms with Gasteiger partial charge in [0.2, 0.25) is 0 Å². The largest absolute Gasteiger partial charge is 0.0654 e. The van der Waals surface area contributed by atoms with Crippen LogP contribution < -0.4 is 0 Å². The van der Waals surface area contributed by atoms with E-state index in [0.717, 1.165) is 11.8 Å². The molecule has 0 aromatic carbocycles. The predicted molar refractivity (Wildman–Crippen MR) is 64.4 cm³/mol. The van der Waals surface area contributed by atoms with Crippen LogP contribution in [0.15, 0.2) is 0 Å². The van der Waals surface area contributed by atoms with Crippen LogP contribution in [0.1, 0.15) is 67.2 Å². The minimum atomic E-state index is 0.543. The number of hydrogen-bond acceptors (Lipinski definition) is 0. The lowest BCUT2D eigenvalue weighted by molar-refractivity contribution is 0.00316. The van der Waals surface area contributed by atoms with E-state index in [1.165, 1.54) is 25.7 Å². The van der Waals surface area contributed by atoms with E-state index in [0.29, 0.717) is 10.8 Å². The Hall–Kier alpha value is 0. The topological polar surface area (TPSA) is 0 Å². The number of hydrogen-bond donors (Lipinski definition) is 0. The molecule has 0 heterocycles. The van der Waals surface area contributed by atoms with Crippen LogP contribution in [0.4, 0.5) is 0 Å². The van der Waals surface area contributed by atoms with Crippen LogP contribution in [0, 0.1) is 22.7 Å². The maximum Gasteiger partial charge on any atom is -0.0321 e. The third-order valence-corrected chi connectivity index (χ3v) is 4.35. The Kier molecular flexibility index (Phi) is 3.33. The summed E-state index contributed by atoms with van der Waals surface area (Å²) in [6, 6.07) is 0. The van der Waals surface area contributed by atoms with Crippen LogP contribution in [0.25, 0.3) is 0 Å². The van der Waals surface area contributed by atoms with E-state index in [1.807, 2.05) is 0 Å². The maximum absolute atomic E-state index is 2.47. The van der Waals surface area contributed by atoms with Gasteiger partial charge in [-0.3, -0.25) is 0 Å². The molecule has 0 bridgehead atoms. The smallest absolute Gasteiger partial charge is 0.0321 e. The van der Waals surface area contributed by atoms with Gasteiger partial charge in [0.15, 0.2) is 0 Å². The minimum Gasteiger partial charge on any atom is -0.0654 e. The Morgan fingerprint density at radius 1 is 1.14 bits per heavy atom. The Labute approximate surface area is 90.5 Å². The molecule has 2 atom stereocenters. The Morgan fingerprint density at radius 2 is 1.71 bits per heavy atom. The molecule has 0 saturated heterocycles. The van der Waals surface area contributed by atoms with Crippen molar-refractivity contribution in [2.45, 2.75) is 67.2 Å². The second-order valence-corrected chi connectivity index (χ2v) is 6.87. The molecule has 0 nitrogen and oxygen atoms in total. The Bertz CT molecular complexity index is 188. The van der Waals surface area contributed by atoms with Gasteiger partial charge in [-0.25, -0.2) is 0 Å². The van der Waals surface area contributed by atoms with Gasteiger partial charge in [0.25, 0.3) is 0 Å². The molecule has 0 amide bonds. The average Bonchev–Trinajstić information content (AvgIpc) is 1.97. The van der Waals surface area contributed by atoms with Gasteiger partial charge in [-0.05, 0) is 35.5 Å². The fourth-order valence-corrected chi connectivity index (χ4v) is 3.71. The lowest BCUT2D eigenvalue weighted by Gasteiger charge is -2.50. The van der Waals surface area contributed by atoms with Crippen molar-refractivity contribution in [2.75, 3.05) is 0 Å². The zero-order valence-corrected chi connectivity index (χ0v) is 11.0. The molecule has 0 aromatic heterocycles. The van der Waals surface area contributed by atoms with E-state index in [9.17, 15) is 0 Å². The van der Waals surface area contributed by atoms with Crippen molar-refractivity contribution in [3.8, 4) is 0 Å². The van der Waals surface area contributed by atoms with Crippen LogP contribution in [0.2, 0.25) is 0 Å². The predicted octanol–water partition coefficient (Wildman–Crippen LogP) is 4.89. The van der Waals surface area contributed by atoms with Crippen molar-refractivity contribution < 1.29 is 0 Å². The SMILES string of the molecule is CCCC1CC(C)(C)CC(C)(C)C1C. The van der Waals surface area contributed by atoms with Crippen molar-refractivity contribution >= 4 is 0 Å². The quantitative estimate of drug-likeness (QED) is 0.590. The van der Waals surface area contributed by atoms with Crippen molar-refractivity contribution in [1.82, 2.24) is 0 Å². The summed E-state index contributed by atoms with van der Waals surface area (Å²) in [5, 5.41) is 0. The zero-order chi connectivity index (χ0) is 11.0. The van der Waals surface area contributed by atoms with Gasteiger partial charge in [0.05, 0.1) is 0 Å². The fraction of sp³-hybridized carbons (Fsp3) is 1.00. The van der Waals surface area contributed by atoms with Gasteiger partial charge in [0.1, 0.15) is 0 Å². The van der Waals surface area contributed by atoms with Crippen molar-refractivity contribution in [2.24, 2.45) is 22.7 Å². The maximum atomic E-state index is 2.47. The molecule has 0 aromatic rings. The van der Waals surface area contributed by atoms with Gasteiger partial charge in [-0.1, -0.05) is 54.4 Å². The summed E-state index contributed by atoms with van der Waals surface area (Å²) in [6.45, 7) is 14.6. The first-order valence-corrected chi connectivity index (χ1v) is 6.28. The van der Waals surface area contributed by atoms with Crippen LogP contribution >= 0.6 is 0 Å². The minimum absolute atomic E-state index is 0.543. The fourth-order valence-electron chi connectivity index (χ4n) is 3.71. The number of rotatable bonds is 2. The lowest BCUT2D eigenvalue weighted by atomic mass is 9.55. The zero-order valence-electron chi connectivity index (χ0n) is 11.0. The highest BCUT2D eigenvalue weighted by atomic mass is 14.5. The molecular formula is C14H28. The van der Waals surface area contributed by atoms with Crippen LogP contribution in [0.3, 0.4) is 0 Å². The molecule has 84 valence electrons. The molecule has 0 radical (unpaired) electrons. The highest BCUT2D eigenvalue weighted by Crippen LogP contribution is 2.52. The first-order chi connectivity index (χ1) is 6.28. The van der Waals surface area contributed by atoms with Gasteiger partial charge >= 0.3 is 0 Å². The van der Waals surface area contributed by atoms with E-state index in [1.54, 1.807) is 0 Å². The lowest BCUT2D eigenvalue weighted by Crippen LogP contribution is -2.40. The van der Waals surface area contributed by atoms with Crippen LogP contribution in [-0.2, 0) is 0 Å². The molecular weight excluding hydrogens is 168 g/mol. The van der Waals surface area contributed by atoms with Gasteiger partial charge in [-0.2, -0.15) is 0 Å². The summed E-state index contributed by atoms with van der Waals surface area (Å²) in [5.41, 5.74) is 1.11. The van der Waals surface area contributed by atoms with Crippen LogP contribution in [-0.4, -0.2) is 0 Å². The molecule has 2 unspecified atom stereocenters. The molecule has 0 aliphatic heterocycles. The highest BCUT2D eigenvalue weighted by molar-refractivity contribution is 4.93. The highest BCUT2D eigenvalue weighted by Gasteiger charge is 2.42. The molecule has 1 aliphatic rings. The summed E-state index contributed by atoms with van der Waals surface area (Å²) in [7, 11) is 0. The monoisotopic (exact) mass is 196 g/mol. The van der Waals surface area contributed by atoms with Crippen molar-refractivity contribution in [3.63, 3.8) is 0 Å². The third-order valence-electron chi connectivity index (χ3n) is 4.35. The summed E-state index contributed by atoms with van der Waals surface area (Å²) < 4.78 is 0. The van der Waals surface area contributed by atoms with Gasteiger partial charge < -0.3 is 0 Å². The summed E-state index contributed by atoms with van der Waals surface area (Å²) in [6.07, 6.45) is 5.60. The first kappa shape index (κ1) is 12.1. The van der Waals surface area contributed by atoms with E-state index in [-0.39, 0.29) is 0 Å². The summed E-state index contributed by atoms with van der Waals surface area (Å²) in [5.74, 6) is 1.86. The molecule has 0 N–H and O–H groups in total. The van der Waals surface area contributed by atoms with E-state index < -0.39 is 0 Å². The molecule has 0 spiro atoms. The molecule has 1 saturated carbocycles. The molecule has 0 heteroatoms. The Balaban J connectivity index is 2.77. The average molecular weight is 196 g/mol. The van der Waals surface area contributed by atoms with E-state index in [4.69, 9.17) is 0 Å². The van der Waals surface area contributed by atoms with Crippen molar-refractivity contribution in [3.05, 3.63) is 0 Å². The standard InChI is InChI=1S/C14H28/c1-7-8-12-9-13(3,4)10-14(5,6)11(12)2/h11-12H,7-10H2,1-6H3. The summed E-state index contributed by atoms with van der Waals surface area (Å²) >= 11 is 0. The normalized spacial score (nSPS) is 35.6. The molecule has 1 rings (SSSR count). The third kappa shape index (κ3) is 2.52. The first-order valence-electron chi connectivity index (χ1n) is 6.28. The van der Waals surface area contributed by atoms with Gasteiger partial charge in [-0.15, -0.1) is 0 Å². The summed E-state index contributed by atoms with van der Waals surface area (Å²) in [4.78, 5) is 0. The second-order valence-electron chi connectivity index (χ2n) is 6.87. The Morgan fingerprint density at radius 3 is 2.21 bits per heavy atom. The molecule has 1 aliphatic carbocycles. The van der Waals surface area contributed by atoms with Crippen LogP contribution in [0.5, 0.6) is 0 Å². The van der Waals surface area contributed by atoms with E-state index in [2.05, 4.69) is 41.5 Å². The van der Waals surface area contributed by atoms with Gasteiger partial charge in [0, 0.05) is 0 Å². The van der Waals surface area contributed by atoms with Crippen molar-refractivity contribution in [1.29, 1.82) is 0 Å². The second kappa shape index (κ2) is 3.87. The van der Waals surface area contributed by atoms with E-state index >= 15 is 0 Å².